The van der Waals surface area contributed by atoms with Crippen LogP contribution in [-0.2, 0) is 0 Å². The number of benzene rings is 1. The van der Waals surface area contributed by atoms with Gasteiger partial charge in [0.2, 0.25) is 0 Å². The summed E-state index contributed by atoms with van der Waals surface area (Å²) in [7, 11) is 0. The Bertz CT molecular complexity index is 962. The fourth-order valence-electron chi connectivity index (χ4n) is 3.02. The number of nitrogens with zero attached hydrogens (tertiary/aromatic N) is 3. The van der Waals surface area contributed by atoms with Crippen molar-refractivity contribution in [3.05, 3.63) is 50.6 Å². The average Bonchev–Trinajstić information content (AvgIpc) is 3.00. The number of piperidine rings is 1. The van der Waals surface area contributed by atoms with Crippen molar-refractivity contribution in [3.63, 3.8) is 0 Å². The molecule has 2 aromatic heterocycles. The van der Waals surface area contributed by atoms with E-state index in [1.165, 1.54) is 4.52 Å². The first-order valence-electron chi connectivity index (χ1n) is 7.78. The minimum atomic E-state index is -0.332. The summed E-state index contributed by atoms with van der Waals surface area (Å²) in [5.41, 5.74) is 1.49. The highest BCUT2D eigenvalue weighted by molar-refractivity contribution is 6.36. The predicted octanol–water partition coefficient (Wildman–Crippen LogP) is 3.28. The molecule has 0 radical (unpaired) electrons. The van der Waals surface area contributed by atoms with Gasteiger partial charge in [-0.05, 0) is 44.1 Å². The second kappa shape index (κ2) is 7.33. The second-order valence-electron chi connectivity index (χ2n) is 5.88. The highest BCUT2D eigenvalue weighted by Gasteiger charge is 2.21. The van der Waals surface area contributed by atoms with Crippen LogP contribution in [0.25, 0.3) is 16.9 Å². The minimum absolute atomic E-state index is 0. The predicted molar refractivity (Wildman–Crippen MR) is 101 cm³/mol. The third kappa shape index (κ3) is 3.53. The molecule has 25 heavy (non-hydrogen) atoms. The van der Waals surface area contributed by atoms with E-state index in [9.17, 15) is 4.79 Å². The van der Waals surface area contributed by atoms with Gasteiger partial charge in [-0.1, -0.05) is 23.2 Å². The number of aromatic amines is 1. The van der Waals surface area contributed by atoms with Crippen LogP contribution in [0.3, 0.4) is 0 Å². The van der Waals surface area contributed by atoms with Crippen molar-refractivity contribution >= 4 is 41.3 Å². The van der Waals surface area contributed by atoms with Crippen LogP contribution in [0.5, 0.6) is 0 Å². The Labute approximate surface area is 160 Å². The molecule has 3 aromatic rings. The Kier molecular flexibility index (Phi) is 5.34. The molecular formula is C16H16Cl3N5O. The lowest BCUT2D eigenvalue weighted by Crippen LogP contribution is -2.27. The molecule has 3 heterocycles. The van der Waals surface area contributed by atoms with Crippen LogP contribution in [0.1, 0.15) is 24.6 Å². The first kappa shape index (κ1) is 18.2. The molecule has 0 unspecified atom stereocenters. The molecule has 0 spiro atoms. The molecule has 0 aliphatic carbocycles. The van der Waals surface area contributed by atoms with Crippen molar-refractivity contribution in [2.45, 2.75) is 18.8 Å². The molecule has 0 saturated carbocycles. The van der Waals surface area contributed by atoms with Gasteiger partial charge >= 0.3 is 5.69 Å². The van der Waals surface area contributed by atoms with E-state index in [4.69, 9.17) is 23.2 Å². The van der Waals surface area contributed by atoms with Gasteiger partial charge < -0.3 is 10.3 Å². The number of hydrogen-bond donors (Lipinski definition) is 2. The lowest BCUT2D eigenvalue weighted by molar-refractivity contribution is 0.445. The van der Waals surface area contributed by atoms with Crippen molar-refractivity contribution in [1.29, 1.82) is 0 Å². The van der Waals surface area contributed by atoms with E-state index in [2.05, 4.69) is 20.4 Å². The summed E-state index contributed by atoms with van der Waals surface area (Å²) in [6.45, 7) is 1.89. The number of nitrogens with one attached hydrogen (secondary N) is 2. The maximum Gasteiger partial charge on any atom is 0.348 e. The van der Waals surface area contributed by atoms with Crippen molar-refractivity contribution in [2.24, 2.45) is 0 Å². The fourth-order valence-corrected chi connectivity index (χ4v) is 3.53. The third-order valence-electron chi connectivity index (χ3n) is 4.28. The fraction of sp³-hybridized carbons (Fsp3) is 0.312. The van der Waals surface area contributed by atoms with E-state index in [-0.39, 0.29) is 24.0 Å². The normalized spacial score (nSPS) is 15.3. The molecule has 132 valence electrons. The molecule has 0 amide bonds. The number of halogens is 3. The van der Waals surface area contributed by atoms with Crippen molar-refractivity contribution in [3.8, 4) is 11.3 Å². The maximum absolute atomic E-state index is 12.4. The smallest absolute Gasteiger partial charge is 0.317 e. The molecule has 1 aliphatic rings. The number of H-pyrrole nitrogens is 1. The van der Waals surface area contributed by atoms with Gasteiger partial charge in [-0.3, -0.25) is 0 Å². The van der Waals surface area contributed by atoms with E-state index < -0.39 is 0 Å². The molecule has 4 rings (SSSR count). The molecule has 2 N–H and O–H groups in total. The van der Waals surface area contributed by atoms with Gasteiger partial charge in [0.1, 0.15) is 0 Å². The van der Waals surface area contributed by atoms with E-state index in [1.54, 1.807) is 24.3 Å². The van der Waals surface area contributed by atoms with Gasteiger partial charge in [-0.15, -0.1) is 17.5 Å². The average molecular weight is 401 g/mol. The van der Waals surface area contributed by atoms with Crippen LogP contribution in [0, 0.1) is 0 Å². The molecule has 1 saturated heterocycles. The number of rotatable bonds is 2. The van der Waals surface area contributed by atoms with Crippen molar-refractivity contribution < 1.29 is 0 Å². The minimum Gasteiger partial charge on any atom is -0.317 e. The van der Waals surface area contributed by atoms with E-state index >= 15 is 0 Å². The Morgan fingerprint density at radius 2 is 1.92 bits per heavy atom. The number of hydrogen-bond acceptors (Lipinski definition) is 4. The highest BCUT2D eigenvalue weighted by atomic mass is 35.5. The number of aromatic nitrogens is 4. The van der Waals surface area contributed by atoms with E-state index in [0.717, 1.165) is 31.8 Å². The zero-order chi connectivity index (χ0) is 16.7. The van der Waals surface area contributed by atoms with Crippen molar-refractivity contribution in [2.75, 3.05) is 13.1 Å². The first-order chi connectivity index (χ1) is 11.6. The van der Waals surface area contributed by atoms with E-state index in [1.807, 2.05) is 0 Å². The Hall–Kier alpha value is -1.60. The lowest BCUT2D eigenvalue weighted by atomic mass is 9.98. The van der Waals surface area contributed by atoms with Crippen LogP contribution in [-0.4, -0.2) is 32.7 Å². The molecule has 0 bridgehead atoms. The van der Waals surface area contributed by atoms with Crippen LogP contribution in [0.2, 0.25) is 10.0 Å². The Balaban J connectivity index is 0.00000182. The monoisotopic (exact) mass is 399 g/mol. The Morgan fingerprint density at radius 3 is 2.64 bits per heavy atom. The van der Waals surface area contributed by atoms with Gasteiger partial charge in [-0.2, -0.15) is 4.52 Å². The largest absolute Gasteiger partial charge is 0.348 e. The molecule has 1 aromatic carbocycles. The summed E-state index contributed by atoms with van der Waals surface area (Å²) >= 11 is 12.2. The quantitative estimate of drug-likeness (QED) is 0.692. The summed E-state index contributed by atoms with van der Waals surface area (Å²) in [6.07, 6.45) is 1.95. The summed E-state index contributed by atoms with van der Waals surface area (Å²) in [6, 6.07) is 6.94. The van der Waals surface area contributed by atoms with Gasteiger partial charge in [0.15, 0.2) is 11.5 Å². The summed E-state index contributed by atoms with van der Waals surface area (Å²) in [4.78, 5) is 19.7. The summed E-state index contributed by atoms with van der Waals surface area (Å²) in [5.74, 6) is 1.01. The highest BCUT2D eigenvalue weighted by Crippen LogP contribution is 2.29. The molecule has 1 fully saturated rings. The van der Waals surface area contributed by atoms with E-state index in [0.29, 0.717) is 26.9 Å². The SMILES string of the molecule is Cl.O=c1[nH]c(-c2ccc(Cl)cc2Cl)cc2nc(C3CCNCC3)nn12. The van der Waals surface area contributed by atoms with Gasteiger partial charge in [-0.25, -0.2) is 9.78 Å². The van der Waals surface area contributed by atoms with Crippen molar-refractivity contribution in [1.82, 2.24) is 24.9 Å². The Morgan fingerprint density at radius 1 is 1.16 bits per heavy atom. The summed E-state index contributed by atoms with van der Waals surface area (Å²) in [5, 5.41) is 8.72. The standard InChI is InChI=1S/C16H15Cl2N5O.ClH/c17-10-1-2-11(12(18)7-10)13-8-14-21-15(9-3-5-19-6-4-9)22-23(14)16(24)20-13;/h1-2,7-9,19H,3-6H2,(H,20,24);1H. The molecule has 9 heteroatoms. The molecule has 6 nitrogen and oxygen atoms in total. The zero-order valence-electron chi connectivity index (χ0n) is 13.1. The van der Waals surface area contributed by atoms with Gasteiger partial charge in [0.25, 0.3) is 0 Å². The molecule has 0 atom stereocenters. The van der Waals surface area contributed by atoms with Gasteiger partial charge in [0.05, 0.1) is 10.7 Å². The van der Waals surface area contributed by atoms with Crippen LogP contribution < -0.4 is 11.0 Å². The second-order valence-corrected chi connectivity index (χ2v) is 6.72. The van der Waals surface area contributed by atoms with Crippen LogP contribution >= 0.6 is 35.6 Å². The maximum atomic E-state index is 12.4. The summed E-state index contributed by atoms with van der Waals surface area (Å²) < 4.78 is 1.31. The van der Waals surface area contributed by atoms with Crippen LogP contribution in [0.15, 0.2) is 29.1 Å². The zero-order valence-corrected chi connectivity index (χ0v) is 15.5. The lowest BCUT2D eigenvalue weighted by Gasteiger charge is -2.19. The third-order valence-corrected chi connectivity index (χ3v) is 4.83. The topological polar surface area (TPSA) is 75.1 Å². The molecular weight excluding hydrogens is 385 g/mol. The van der Waals surface area contributed by atoms with Crippen LogP contribution in [0.4, 0.5) is 0 Å². The number of fused-ring (bicyclic) bond motifs is 1. The first-order valence-corrected chi connectivity index (χ1v) is 8.53. The van der Waals surface area contributed by atoms with Gasteiger partial charge in [0, 0.05) is 22.6 Å². The molecule has 1 aliphatic heterocycles.